The fourth-order valence-electron chi connectivity index (χ4n) is 6.37. The molecule has 1 aliphatic carbocycles. The molecule has 0 spiro atoms. The molecule has 3 atom stereocenters. The summed E-state index contributed by atoms with van der Waals surface area (Å²) in [6.07, 6.45) is 5.10. The molecule has 2 N–H and O–H groups in total. The Hall–Kier alpha value is -5.27. The number of hydrogen-bond donors (Lipinski definition) is 2. The predicted molar refractivity (Wildman–Crippen MR) is 186 cm³/mol. The molecule has 4 heterocycles. The van der Waals surface area contributed by atoms with Gasteiger partial charge in [0.15, 0.2) is 5.82 Å². The number of aromatic nitrogens is 4. The number of anilines is 3. The zero-order valence-electron chi connectivity index (χ0n) is 29.7. The van der Waals surface area contributed by atoms with Gasteiger partial charge >= 0.3 is 12.2 Å². The van der Waals surface area contributed by atoms with Crippen LogP contribution in [0.2, 0.25) is 0 Å². The van der Waals surface area contributed by atoms with Crippen molar-refractivity contribution < 1.29 is 33.0 Å². The topological polar surface area (TPSA) is 150 Å². The van der Waals surface area contributed by atoms with Gasteiger partial charge in [0, 0.05) is 54.0 Å². The Kier molecular flexibility index (Phi) is 8.69. The summed E-state index contributed by atoms with van der Waals surface area (Å²) in [6, 6.07) is 3.22. The fourth-order valence-corrected chi connectivity index (χ4v) is 6.37. The van der Waals surface area contributed by atoms with E-state index in [-0.39, 0.29) is 65.1 Å². The van der Waals surface area contributed by atoms with Crippen LogP contribution in [0.4, 0.5) is 31.2 Å². The Labute approximate surface area is 289 Å². The van der Waals surface area contributed by atoms with Gasteiger partial charge in [-0.2, -0.15) is 5.10 Å². The zero-order valence-corrected chi connectivity index (χ0v) is 29.7. The summed E-state index contributed by atoms with van der Waals surface area (Å²) in [5.41, 5.74) is 0.532. The number of halogens is 1. The first-order valence-corrected chi connectivity index (χ1v) is 16.5. The highest BCUT2D eigenvalue weighted by Gasteiger charge is 2.53. The molecule has 14 heteroatoms. The lowest BCUT2D eigenvalue weighted by Crippen LogP contribution is -2.42. The van der Waals surface area contributed by atoms with Gasteiger partial charge in [0.05, 0.1) is 18.4 Å². The first kappa shape index (κ1) is 34.6. The lowest BCUT2D eigenvalue weighted by molar-refractivity contribution is -0.117. The highest BCUT2D eigenvalue weighted by Crippen LogP contribution is 2.54. The van der Waals surface area contributed by atoms with E-state index >= 15 is 4.39 Å². The summed E-state index contributed by atoms with van der Waals surface area (Å²) in [4.78, 5) is 49.9. The van der Waals surface area contributed by atoms with E-state index in [1.54, 1.807) is 71.5 Å². The molecule has 1 fully saturated rings. The molecule has 1 saturated carbocycles. The largest absolute Gasteiger partial charge is 0.474 e. The fraction of sp³-hybridized carbons (Fsp3) is 0.444. The Bertz CT molecular complexity index is 2010. The molecule has 50 heavy (non-hydrogen) atoms. The quantitative estimate of drug-likeness (QED) is 0.227. The number of fused-ring (bicyclic) bond motifs is 2. The lowest BCUT2D eigenvalue weighted by Gasteiger charge is -2.32. The third-order valence-electron chi connectivity index (χ3n) is 8.63. The van der Waals surface area contributed by atoms with Gasteiger partial charge in [-0.25, -0.2) is 23.9 Å². The first-order valence-electron chi connectivity index (χ1n) is 16.5. The Balaban J connectivity index is 1.41. The maximum absolute atomic E-state index is 16.7. The molecule has 6 rings (SSSR count). The molecule has 3 aromatic heterocycles. The van der Waals surface area contributed by atoms with Crippen LogP contribution >= 0.6 is 0 Å². The number of amides is 3. The highest BCUT2D eigenvalue weighted by molar-refractivity contribution is 6.05. The van der Waals surface area contributed by atoms with Gasteiger partial charge in [-0.3, -0.25) is 19.7 Å². The summed E-state index contributed by atoms with van der Waals surface area (Å²) < 4.78 is 35.3. The number of nitrogens with one attached hydrogen (secondary N) is 2. The van der Waals surface area contributed by atoms with E-state index < -0.39 is 29.2 Å². The van der Waals surface area contributed by atoms with Crippen molar-refractivity contribution in [1.29, 1.82) is 0 Å². The second-order valence-electron chi connectivity index (χ2n) is 14.8. The molecule has 4 aromatic rings. The number of carbonyl (C=O) groups excluding carboxylic acids is 3. The van der Waals surface area contributed by atoms with Gasteiger partial charge in [-0.05, 0) is 83.0 Å². The van der Waals surface area contributed by atoms with Crippen molar-refractivity contribution in [3.05, 3.63) is 53.9 Å². The maximum Gasteiger partial charge on any atom is 0.415 e. The minimum Gasteiger partial charge on any atom is -0.474 e. The summed E-state index contributed by atoms with van der Waals surface area (Å²) in [5.74, 6) is -0.582. The minimum atomic E-state index is -0.860. The standard InChI is InChI=1S/C36H42FN7O6/c1-18-23(15-39-32-30(18)44(10-11-48-32)34(47)50-36(6,7)8)22-12-20-13-25(41-31(45)27-19(2)26(27)21-14-40-43(9)17-21)38-16-24(20)29(28(22)37)42-33(46)49-35(3,4)5/h12-17,19,26-27H,10-11H2,1-9H3,(H,42,46)(H,38,41,45)/t19?,26-,27+/m1/s1. The number of carbonyl (C=O) groups is 3. The number of nitrogens with zero attached hydrogens (tertiary/aromatic N) is 5. The minimum absolute atomic E-state index is 0.0400. The van der Waals surface area contributed by atoms with Crippen LogP contribution in [0.25, 0.3) is 21.9 Å². The molecule has 2 aliphatic rings. The monoisotopic (exact) mass is 687 g/mol. The van der Waals surface area contributed by atoms with Crippen molar-refractivity contribution in [2.45, 2.75) is 72.5 Å². The molecule has 1 aliphatic heterocycles. The maximum atomic E-state index is 16.7. The predicted octanol–water partition coefficient (Wildman–Crippen LogP) is 6.95. The molecule has 0 bridgehead atoms. The first-order chi connectivity index (χ1) is 23.4. The van der Waals surface area contributed by atoms with Gasteiger partial charge in [-0.1, -0.05) is 6.92 Å². The van der Waals surface area contributed by atoms with Crippen molar-refractivity contribution >= 4 is 46.1 Å². The van der Waals surface area contributed by atoms with E-state index in [0.717, 1.165) is 5.56 Å². The van der Waals surface area contributed by atoms with E-state index in [1.165, 1.54) is 17.3 Å². The van der Waals surface area contributed by atoms with Gasteiger partial charge < -0.3 is 19.5 Å². The molecule has 3 amide bonds. The van der Waals surface area contributed by atoms with Crippen LogP contribution in [0.1, 0.15) is 65.5 Å². The number of hydrogen-bond acceptors (Lipinski definition) is 9. The van der Waals surface area contributed by atoms with E-state index in [4.69, 9.17) is 14.2 Å². The SMILES string of the molecule is Cc1c(-c2cc3cc(NC(=O)[C@H]4C(C)[C@@H]4c4cnn(C)c4)ncc3c(NC(=O)OC(C)(C)C)c2F)cnc2c1N(C(=O)OC(C)(C)C)CCO2. The average Bonchev–Trinajstić information content (AvgIpc) is 3.50. The van der Waals surface area contributed by atoms with Gasteiger partial charge in [0.1, 0.15) is 29.3 Å². The van der Waals surface area contributed by atoms with Crippen molar-refractivity contribution in [2.24, 2.45) is 18.9 Å². The Morgan fingerprint density at radius 2 is 1.70 bits per heavy atom. The van der Waals surface area contributed by atoms with Crippen molar-refractivity contribution in [3.63, 3.8) is 0 Å². The van der Waals surface area contributed by atoms with E-state index in [2.05, 4.69) is 25.7 Å². The number of pyridine rings is 2. The molecular formula is C36H42FN7O6. The molecule has 1 aromatic carbocycles. The summed E-state index contributed by atoms with van der Waals surface area (Å²) in [7, 11) is 1.83. The van der Waals surface area contributed by atoms with Gasteiger partial charge in [-0.15, -0.1) is 0 Å². The van der Waals surface area contributed by atoms with Crippen LogP contribution in [0.3, 0.4) is 0 Å². The summed E-state index contributed by atoms with van der Waals surface area (Å²) in [5, 5.41) is 10.5. The van der Waals surface area contributed by atoms with Crippen molar-refractivity contribution in [1.82, 2.24) is 19.7 Å². The number of aryl methyl sites for hydroxylation is 1. The van der Waals surface area contributed by atoms with Crippen LogP contribution in [0.15, 0.2) is 36.9 Å². The summed E-state index contributed by atoms with van der Waals surface area (Å²) in [6.45, 7) is 14.6. The van der Waals surface area contributed by atoms with Crippen molar-refractivity contribution in [3.8, 4) is 17.0 Å². The van der Waals surface area contributed by atoms with Crippen LogP contribution in [-0.4, -0.2) is 62.2 Å². The molecule has 1 unspecified atom stereocenters. The number of rotatable bonds is 5. The van der Waals surface area contributed by atoms with Crippen molar-refractivity contribution in [2.75, 3.05) is 28.7 Å². The Morgan fingerprint density at radius 1 is 0.980 bits per heavy atom. The molecule has 13 nitrogen and oxygen atoms in total. The van der Waals surface area contributed by atoms with Gasteiger partial charge in [0.25, 0.3) is 0 Å². The average molecular weight is 688 g/mol. The Morgan fingerprint density at radius 3 is 2.36 bits per heavy atom. The number of benzene rings is 1. The lowest BCUT2D eigenvalue weighted by atomic mass is 9.96. The molecule has 0 radical (unpaired) electrons. The van der Waals surface area contributed by atoms with E-state index in [0.29, 0.717) is 22.2 Å². The summed E-state index contributed by atoms with van der Waals surface area (Å²) >= 11 is 0. The van der Waals surface area contributed by atoms with Crippen LogP contribution in [0, 0.1) is 24.6 Å². The molecule has 0 saturated heterocycles. The normalized spacial score (nSPS) is 18.6. The van der Waals surface area contributed by atoms with E-state index in [1.807, 2.05) is 20.2 Å². The second-order valence-corrected chi connectivity index (χ2v) is 14.8. The molecular weight excluding hydrogens is 645 g/mol. The molecule has 264 valence electrons. The van der Waals surface area contributed by atoms with Crippen LogP contribution in [-0.2, 0) is 21.3 Å². The zero-order chi connectivity index (χ0) is 36.3. The second kappa shape index (κ2) is 12.6. The van der Waals surface area contributed by atoms with Crippen LogP contribution in [0.5, 0.6) is 5.88 Å². The van der Waals surface area contributed by atoms with E-state index in [9.17, 15) is 14.4 Å². The third-order valence-corrected chi connectivity index (χ3v) is 8.63. The number of ether oxygens (including phenoxy) is 3. The van der Waals surface area contributed by atoms with Gasteiger partial charge in [0.2, 0.25) is 11.8 Å². The third kappa shape index (κ3) is 6.92. The smallest absolute Gasteiger partial charge is 0.415 e. The highest BCUT2D eigenvalue weighted by atomic mass is 19.1. The van der Waals surface area contributed by atoms with Crippen LogP contribution < -0.4 is 20.3 Å².